The van der Waals surface area contributed by atoms with Crippen molar-refractivity contribution in [3.8, 4) is 5.75 Å². The molecule has 0 aliphatic rings. The smallest absolute Gasteiger partial charge is 0.262 e. The van der Waals surface area contributed by atoms with Gasteiger partial charge in [-0.05, 0) is 41.2 Å². The van der Waals surface area contributed by atoms with E-state index in [0.717, 1.165) is 17.7 Å². The molecule has 0 saturated heterocycles. The summed E-state index contributed by atoms with van der Waals surface area (Å²) in [6, 6.07) is 15.7. The van der Waals surface area contributed by atoms with Gasteiger partial charge in [0.25, 0.3) is 5.91 Å². The van der Waals surface area contributed by atoms with Crippen LogP contribution in [0.2, 0.25) is 0 Å². The van der Waals surface area contributed by atoms with Crippen molar-refractivity contribution >= 4 is 11.6 Å². The summed E-state index contributed by atoms with van der Waals surface area (Å²) in [6.07, 6.45) is 0.881. The average Bonchev–Trinajstić information content (AvgIpc) is 2.53. The number of rotatable bonds is 5. The Labute approximate surface area is 138 Å². The van der Waals surface area contributed by atoms with Crippen molar-refractivity contribution < 1.29 is 9.53 Å². The molecule has 1 N–H and O–H groups in total. The summed E-state index contributed by atoms with van der Waals surface area (Å²) >= 11 is 0. The van der Waals surface area contributed by atoms with Gasteiger partial charge in [0.1, 0.15) is 5.75 Å². The SMILES string of the molecule is CCc1ccccc1NC(=O)COc1ccc(C(C)(C)C)cc1. The first-order chi connectivity index (χ1) is 10.9. The first kappa shape index (κ1) is 17.1. The minimum atomic E-state index is -0.147. The van der Waals surface area contributed by atoms with Crippen LogP contribution in [0.3, 0.4) is 0 Å². The number of amides is 1. The van der Waals surface area contributed by atoms with Crippen molar-refractivity contribution in [2.75, 3.05) is 11.9 Å². The minimum Gasteiger partial charge on any atom is -0.484 e. The molecule has 3 heteroatoms. The summed E-state index contributed by atoms with van der Waals surface area (Å²) in [7, 11) is 0. The topological polar surface area (TPSA) is 38.3 Å². The molecule has 0 atom stereocenters. The molecule has 0 heterocycles. The second-order valence-electron chi connectivity index (χ2n) is 6.62. The van der Waals surface area contributed by atoms with Gasteiger partial charge in [0.05, 0.1) is 0 Å². The van der Waals surface area contributed by atoms with Crippen molar-refractivity contribution in [2.24, 2.45) is 0 Å². The van der Waals surface area contributed by atoms with Gasteiger partial charge >= 0.3 is 0 Å². The van der Waals surface area contributed by atoms with Crippen LogP contribution in [0.5, 0.6) is 5.75 Å². The van der Waals surface area contributed by atoms with E-state index in [0.29, 0.717) is 5.75 Å². The van der Waals surface area contributed by atoms with Gasteiger partial charge in [-0.2, -0.15) is 0 Å². The number of hydrogen-bond acceptors (Lipinski definition) is 2. The third kappa shape index (κ3) is 4.85. The van der Waals surface area contributed by atoms with Crippen LogP contribution >= 0.6 is 0 Å². The van der Waals surface area contributed by atoms with Crippen molar-refractivity contribution in [1.82, 2.24) is 0 Å². The molecule has 23 heavy (non-hydrogen) atoms. The second kappa shape index (κ2) is 7.32. The van der Waals surface area contributed by atoms with E-state index in [1.165, 1.54) is 5.56 Å². The highest BCUT2D eigenvalue weighted by molar-refractivity contribution is 5.92. The van der Waals surface area contributed by atoms with E-state index in [-0.39, 0.29) is 17.9 Å². The van der Waals surface area contributed by atoms with Crippen LogP contribution in [0.15, 0.2) is 48.5 Å². The van der Waals surface area contributed by atoms with E-state index in [2.05, 4.69) is 33.0 Å². The maximum Gasteiger partial charge on any atom is 0.262 e. The van der Waals surface area contributed by atoms with E-state index in [1.54, 1.807) is 0 Å². The number of hydrogen-bond donors (Lipinski definition) is 1. The summed E-state index contributed by atoms with van der Waals surface area (Å²) in [6.45, 7) is 8.58. The van der Waals surface area contributed by atoms with Gasteiger partial charge < -0.3 is 10.1 Å². The monoisotopic (exact) mass is 311 g/mol. The van der Waals surface area contributed by atoms with Crippen molar-refractivity contribution in [3.63, 3.8) is 0 Å². The van der Waals surface area contributed by atoms with Crippen LogP contribution in [0.25, 0.3) is 0 Å². The molecule has 3 nitrogen and oxygen atoms in total. The average molecular weight is 311 g/mol. The summed E-state index contributed by atoms with van der Waals surface area (Å²) in [5.74, 6) is 0.558. The zero-order valence-corrected chi connectivity index (χ0v) is 14.3. The molecule has 122 valence electrons. The molecule has 2 aromatic rings. The first-order valence-corrected chi connectivity index (χ1v) is 8.01. The number of ether oxygens (including phenoxy) is 1. The highest BCUT2D eigenvalue weighted by Crippen LogP contribution is 2.24. The Balaban J connectivity index is 1.92. The highest BCUT2D eigenvalue weighted by Gasteiger charge is 2.13. The predicted molar refractivity (Wildman–Crippen MR) is 95.1 cm³/mol. The quantitative estimate of drug-likeness (QED) is 0.879. The fourth-order valence-corrected chi connectivity index (χ4v) is 2.34. The van der Waals surface area contributed by atoms with Crippen molar-refractivity contribution in [2.45, 2.75) is 39.5 Å². The van der Waals surface area contributed by atoms with Crippen LogP contribution in [0.1, 0.15) is 38.8 Å². The van der Waals surface area contributed by atoms with Gasteiger partial charge in [-0.25, -0.2) is 0 Å². The van der Waals surface area contributed by atoms with Crippen LogP contribution in [0, 0.1) is 0 Å². The minimum absolute atomic E-state index is 0.00686. The predicted octanol–water partition coefficient (Wildman–Crippen LogP) is 4.56. The molecule has 0 radical (unpaired) electrons. The molecule has 0 unspecified atom stereocenters. The molecule has 1 amide bonds. The van der Waals surface area contributed by atoms with Gasteiger partial charge in [-0.3, -0.25) is 4.79 Å². The highest BCUT2D eigenvalue weighted by atomic mass is 16.5. The van der Waals surface area contributed by atoms with Crippen molar-refractivity contribution in [3.05, 3.63) is 59.7 Å². The van der Waals surface area contributed by atoms with Crippen molar-refractivity contribution in [1.29, 1.82) is 0 Å². The standard InChI is InChI=1S/C20H25NO2/c1-5-15-8-6-7-9-18(15)21-19(22)14-23-17-12-10-16(11-13-17)20(2,3)4/h6-13H,5,14H2,1-4H3,(H,21,22). The number of para-hydroxylation sites is 1. The Kier molecular flexibility index (Phi) is 5.43. The van der Waals surface area contributed by atoms with E-state index in [9.17, 15) is 4.79 Å². The van der Waals surface area contributed by atoms with Gasteiger partial charge in [0.15, 0.2) is 6.61 Å². The summed E-state index contributed by atoms with van der Waals surface area (Å²) in [4.78, 5) is 12.0. The molecular formula is C20H25NO2. The maximum atomic E-state index is 12.0. The number of anilines is 1. The van der Waals surface area contributed by atoms with Crippen LogP contribution in [0.4, 0.5) is 5.69 Å². The lowest BCUT2D eigenvalue weighted by molar-refractivity contribution is -0.118. The van der Waals surface area contributed by atoms with E-state index in [4.69, 9.17) is 4.74 Å². The molecule has 0 saturated carbocycles. The molecule has 0 aromatic heterocycles. The zero-order valence-electron chi connectivity index (χ0n) is 14.3. The molecule has 0 aliphatic heterocycles. The lowest BCUT2D eigenvalue weighted by Gasteiger charge is -2.19. The van der Waals surface area contributed by atoms with Crippen LogP contribution in [-0.4, -0.2) is 12.5 Å². The number of benzene rings is 2. The third-order valence-electron chi connectivity index (χ3n) is 3.76. The first-order valence-electron chi connectivity index (χ1n) is 8.01. The Hall–Kier alpha value is -2.29. The number of carbonyl (C=O) groups excluding carboxylic acids is 1. The van der Waals surface area contributed by atoms with Gasteiger partial charge in [0.2, 0.25) is 0 Å². The molecular weight excluding hydrogens is 286 g/mol. The fourth-order valence-electron chi connectivity index (χ4n) is 2.34. The molecule has 0 bridgehead atoms. The number of carbonyl (C=O) groups is 1. The van der Waals surface area contributed by atoms with E-state index >= 15 is 0 Å². The lowest BCUT2D eigenvalue weighted by atomic mass is 9.87. The van der Waals surface area contributed by atoms with Crippen LogP contribution in [-0.2, 0) is 16.6 Å². The van der Waals surface area contributed by atoms with E-state index in [1.807, 2.05) is 48.5 Å². The maximum absolute atomic E-state index is 12.0. The van der Waals surface area contributed by atoms with E-state index < -0.39 is 0 Å². The normalized spacial score (nSPS) is 11.1. The largest absolute Gasteiger partial charge is 0.484 e. The number of aryl methyl sites for hydroxylation is 1. The molecule has 2 rings (SSSR count). The number of nitrogens with one attached hydrogen (secondary N) is 1. The molecule has 2 aromatic carbocycles. The summed E-state index contributed by atoms with van der Waals surface area (Å²) < 4.78 is 5.57. The zero-order chi connectivity index (χ0) is 16.9. The summed E-state index contributed by atoms with van der Waals surface area (Å²) in [5.41, 5.74) is 3.33. The fraction of sp³-hybridized carbons (Fsp3) is 0.350. The Morgan fingerprint density at radius 1 is 1.04 bits per heavy atom. The second-order valence-corrected chi connectivity index (χ2v) is 6.62. The Bertz CT molecular complexity index is 654. The summed E-state index contributed by atoms with van der Waals surface area (Å²) in [5, 5.41) is 2.90. The molecule has 0 spiro atoms. The molecule has 0 fully saturated rings. The van der Waals surface area contributed by atoms with Gasteiger partial charge in [0, 0.05) is 5.69 Å². The Morgan fingerprint density at radius 2 is 1.70 bits per heavy atom. The van der Waals surface area contributed by atoms with Crippen LogP contribution < -0.4 is 10.1 Å². The third-order valence-corrected chi connectivity index (χ3v) is 3.76. The van der Waals surface area contributed by atoms with Gasteiger partial charge in [-0.15, -0.1) is 0 Å². The van der Waals surface area contributed by atoms with Gasteiger partial charge in [-0.1, -0.05) is 58.0 Å². The lowest BCUT2D eigenvalue weighted by Crippen LogP contribution is -2.21. The molecule has 0 aliphatic carbocycles. The Morgan fingerprint density at radius 3 is 2.30 bits per heavy atom.